The Balaban J connectivity index is 1.79. The second-order valence-electron chi connectivity index (χ2n) is 6.62. The van der Waals surface area contributed by atoms with E-state index >= 15 is 0 Å². The lowest BCUT2D eigenvalue weighted by atomic mass is 9.73. The summed E-state index contributed by atoms with van der Waals surface area (Å²) in [5.41, 5.74) is 1.68. The van der Waals surface area contributed by atoms with Crippen LogP contribution in [0, 0.1) is 0 Å². The largest absolute Gasteiger partial charge is 0.385 e. The average Bonchev–Trinajstić information content (AvgIpc) is 2.41. The highest BCUT2D eigenvalue weighted by atomic mass is 16.3. The van der Waals surface area contributed by atoms with Crippen LogP contribution in [0.15, 0.2) is 42.5 Å². The van der Waals surface area contributed by atoms with Gasteiger partial charge in [-0.3, -0.25) is 4.90 Å². The predicted octanol–water partition coefficient (Wildman–Crippen LogP) is 3.51. The lowest BCUT2D eigenvalue weighted by molar-refractivity contribution is -0.0749. The van der Waals surface area contributed by atoms with Crippen molar-refractivity contribution < 1.29 is 5.11 Å². The van der Waals surface area contributed by atoms with Gasteiger partial charge in [0, 0.05) is 18.6 Å². The quantitative estimate of drug-likeness (QED) is 0.850. The SMILES string of the molecule is C=C(C)C1(O)CC2CCCC(C1)N2Cc1ccccc1. The Kier molecular flexibility index (Phi) is 3.70. The Morgan fingerprint density at radius 1 is 1.25 bits per heavy atom. The van der Waals surface area contributed by atoms with Gasteiger partial charge in [0.2, 0.25) is 0 Å². The Labute approximate surface area is 122 Å². The van der Waals surface area contributed by atoms with E-state index in [1.807, 2.05) is 6.92 Å². The van der Waals surface area contributed by atoms with Crippen molar-refractivity contribution in [1.29, 1.82) is 0 Å². The first-order chi connectivity index (χ1) is 9.58. The minimum Gasteiger partial charge on any atom is -0.385 e. The number of fused-ring (bicyclic) bond motifs is 2. The van der Waals surface area contributed by atoms with Gasteiger partial charge in [-0.05, 0) is 43.7 Å². The van der Waals surface area contributed by atoms with Crippen LogP contribution in [0.25, 0.3) is 0 Å². The standard InChI is InChI=1S/C18H25NO/c1-14(2)18(20)11-16-9-6-10-17(12-18)19(16)13-15-7-4-3-5-8-15/h3-5,7-8,16-17,20H,1,6,9-13H2,2H3. The third-order valence-corrected chi connectivity index (χ3v) is 5.16. The van der Waals surface area contributed by atoms with Crippen LogP contribution in [0.1, 0.15) is 44.6 Å². The van der Waals surface area contributed by atoms with Crippen molar-refractivity contribution >= 4 is 0 Å². The van der Waals surface area contributed by atoms with Crippen molar-refractivity contribution in [3.05, 3.63) is 48.0 Å². The lowest BCUT2D eigenvalue weighted by Crippen LogP contribution is -2.57. The molecule has 2 aliphatic rings. The number of hydrogen-bond acceptors (Lipinski definition) is 2. The van der Waals surface area contributed by atoms with E-state index in [9.17, 15) is 5.11 Å². The zero-order valence-corrected chi connectivity index (χ0v) is 12.4. The minimum atomic E-state index is -0.636. The van der Waals surface area contributed by atoms with Gasteiger partial charge in [0.05, 0.1) is 5.60 Å². The van der Waals surface area contributed by atoms with Gasteiger partial charge in [-0.15, -0.1) is 0 Å². The van der Waals surface area contributed by atoms with Crippen molar-refractivity contribution in [2.75, 3.05) is 0 Å². The van der Waals surface area contributed by atoms with Gasteiger partial charge < -0.3 is 5.11 Å². The van der Waals surface area contributed by atoms with Gasteiger partial charge in [-0.2, -0.15) is 0 Å². The molecule has 2 aliphatic heterocycles. The molecular weight excluding hydrogens is 246 g/mol. The first kappa shape index (κ1) is 13.8. The molecule has 1 aromatic rings. The van der Waals surface area contributed by atoms with E-state index in [1.165, 1.54) is 24.8 Å². The van der Waals surface area contributed by atoms with E-state index in [0.29, 0.717) is 12.1 Å². The molecule has 108 valence electrons. The number of aliphatic hydroxyl groups is 1. The molecule has 0 saturated carbocycles. The van der Waals surface area contributed by atoms with Gasteiger partial charge in [0.15, 0.2) is 0 Å². The molecule has 20 heavy (non-hydrogen) atoms. The molecule has 0 amide bonds. The molecule has 2 saturated heterocycles. The fourth-order valence-corrected chi connectivity index (χ4v) is 3.92. The highest BCUT2D eigenvalue weighted by molar-refractivity contribution is 5.18. The summed E-state index contributed by atoms with van der Waals surface area (Å²) in [4.78, 5) is 2.62. The summed E-state index contributed by atoms with van der Waals surface area (Å²) >= 11 is 0. The van der Waals surface area contributed by atoms with Crippen LogP contribution < -0.4 is 0 Å². The third-order valence-electron chi connectivity index (χ3n) is 5.16. The Hall–Kier alpha value is -1.12. The first-order valence-corrected chi connectivity index (χ1v) is 7.76. The van der Waals surface area contributed by atoms with Crippen molar-refractivity contribution in [3.63, 3.8) is 0 Å². The van der Waals surface area contributed by atoms with Crippen molar-refractivity contribution in [2.45, 2.75) is 63.3 Å². The number of piperidine rings is 2. The molecule has 1 N–H and O–H groups in total. The van der Waals surface area contributed by atoms with Crippen LogP contribution in [0.3, 0.4) is 0 Å². The predicted molar refractivity (Wildman–Crippen MR) is 82.4 cm³/mol. The normalized spacial score (nSPS) is 33.9. The number of hydrogen-bond donors (Lipinski definition) is 1. The molecule has 2 fully saturated rings. The van der Waals surface area contributed by atoms with Gasteiger partial charge in [0.25, 0.3) is 0 Å². The smallest absolute Gasteiger partial charge is 0.0881 e. The van der Waals surface area contributed by atoms with Gasteiger partial charge in [0.1, 0.15) is 0 Å². The lowest BCUT2D eigenvalue weighted by Gasteiger charge is -2.52. The highest BCUT2D eigenvalue weighted by Gasteiger charge is 2.45. The van der Waals surface area contributed by atoms with Crippen LogP contribution in [0.2, 0.25) is 0 Å². The van der Waals surface area contributed by atoms with Gasteiger partial charge in [-0.1, -0.05) is 43.3 Å². The van der Waals surface area contributed by atoms with Crippen LogP contribution in [0.5, 0.6) is 0 Å². The van der Waals surface area contributed by atoms with Gasteiger partial charge in [-0.25, -0.2) is 0 Å². The van der Waals surface area contributed by atoms with Crippen LogP contribution in [0.4, 0.5) is 0 Å². The van der Waals surface area contributed by atoms with Crippen molar-refractivity contribution in [1.82, 2.24) is 4.90 Å². The Bertz CT molecular complexity index is 467. The van der Waals surface area contributed by atoms with Crippen LogP contribution >= 0.6 is 0 Å². The zero-order valence-electron chi connectivity index (χ0n) is 12.4. The Morgan fingerprint density at radius 3 is 2.40 bits per heavy atom. The molecular formula is C18H25NO. The molecule has 2 unspecified atom stereocenters. The summed E-state index contributed by atoms with van der Waals surface area (Å²) in [5.74, 6) is 0. The molecule has 3 rings (SSSR count). The molecule has 2 bridgehead atoms. The molecule has 1 aromatic carbocycles. The summed E-state index contributed by atoms with van der Waals surface area (Å²) in [6, 6.07) is 11.7. The fourth-order valence-electron chi connectivity index (χ4n) is 3.92. The second kappa shape index (κ2) is 5.34. The second-order valence-corrected chi connectivity index (χ2v) is 6.62. The maximum atomic E-state index is 10.8. The summed E-state index contributed by atoms with van der Waals surface area (Å²) in [6.45, 7) is 7.01. The number of rotatable bonds is 3. The Morgan fingerprint density at radius 2 is 1.85 bits per heavy atom. The van der Waals surface area contributed by atoms with Crippen molar-refractivity contribution in [2.24, 2.45) is 0 Å². The summed E-state index contributed by atoms with van der Waals surface area (Å²) in [7, 11) is 0. The summed E-state index contributed by atoms with van der Waals surface area (Å²) < 4.78 is 0. The molecule has 0 aliphatic carbocycles. The first-order valence-electron chi connectivity index (χ1n) is 7.76. The topological polar surface area (TPSA) is 23.5 Å². The van der Waals surface area contributed by atoms with E-state index in [4.69, 9.17) is 0 Å². The highest BCUT2D eigenvalue weighted by Crippen LogP contribution is 2.42. The molecule has 2 heteroatoms. The average molecular weight is 271 g/mol. The molecule has 2 atom stereocenters. The maximum absolute atomic E-state index is 10.8. The van der Waals surface area contributed by atoms with E-state index < -0.39 is 5.60 Å². The third kappa shape index (κ3) is 2.55. The maximum Gasteiger partial charge on any atom is 0.0881 e. The summed E-state index contributed by atoms with van der Waals surface area (Å²) in [6.07, 6.45) is 5.42. The minimum absolute atomic E-state index is 0.504. The van der Waals surface area contributed by atoms with E-state index in [1.54, 1.807) is 0 Å². The molecule has 2 heterocycles. The number of benzene rings is 1. The van der Waals surface area contributed by atoms with E-state index in [2.05, 4.69) is 41.8 Å². The molecule has 2 nitrogen and oxygen atoms in total. The summed E-state index contributed by atoms with van der Waals surface area (Å²) in [5, 5.41) is 10.8. The zero-order chi connectivity index (χ0) is 14.2. The number of nitrogens with zero attached hydrogens (tertiary/aromatic N) is 1. The van der Waals surface area contributed by atoms with Crippen molar-refractivity contribution in [3.8, 4) is 0 Å². The van der Waals surface area contributed by atoms with Crippen LogP contribution in [-0.4, -0.2) is 27.7 Å². The monoisotopic (exact) mass is 271 g/mol. The molecule has 0 aromatic heterocycles. The van der Waals surface area contributed by atoms with E-state index in [-0.39, 0.29) is 0 Å². The van der Waals surface area contributed by atoms with Gasteiger partial charge >= 0.3 is 0 Å². The molecule has 0 radical (unpaired) electrons. The van der Waals surface area contributed by atoms with Crippen LogP contribution in [-0.2, 0) is 6.54 Å². The fraction of sp³-hybridized carbons (Fsp3) is 0.556. The molecule has 0 spiro atoms. The van der Waals surface area contributed by atoms with E-state index in [0.717, 1.165) is 25.0 Å².